The Hall–Kier alpha value is -1.41. The normalized spacial score (nSPS) is 38.8. The van der Waals surface area contributed by atoms with Crippen LogP contribution in [0.5, 0.6) is 0 Å². The highest BCUT2D eigenvalue weighted by Crippen LogP contribution is 2.44. The van der Waals surface area contributed by atoms with Crippen molar-refractivity contribution in [2.45, 2.75) is 38.7 Å². The second-order valence-corrected chi connectivity index (χ2v) is 4.72. The lowest BCUT2D eigenvalue weighted by atomic mass is 9.63. The highest BCUT2D eigenvalue weighted by atomic mass is 16.4. The van der Waals surface area contributed by atoms with Gasteiger partial charge < -0.3 is 10.2 Å². The molecule has 0 radical (unpaired) electrons. The molecule has 0 aliphatic heterocycles. The van der Waals surface area contributed by atoms with Crippen molar-refractivity contribution in [2.24, 2.45) is 11.3 Å². The lowest BCUT2D eigenvalue weighted by Crippen LogP contribution is -2.49. The van der Waals surface area contributed by atoms with Crippen LogP contribution in [0.3, 0.4) is 0 Å². The SMILES string of the molecule is CC(=O)[C@@H]1CC(C#N)(C(=O)O)CC[C@]1(C)O. The molecule has 0 aromatic heterocycles. The molecule has 3 atom stereocenters. The summed E-state index contributed by atoms with van der Waals surface area (Å²) in [7, 11) is 0. The molecule has 0 heterocycles. The van der Waals surface area contributed by atoms with E-state index in [0.29, 0.717) is 0 Å². The maximum Gasteiger partial charge on any atom is 0.324 e. The molecule has 5 heteroatoms. The fourth-order valence-corrected chi connectivity index (χ4v) is 2.24. The van der Waals surface area contributed by atoms with Gasteiger partial charge in [0.1, 0.15) is 5.78 Å². The zero-order valence-corrected chi connectivity index (χ0v) is 9.36. The third kappa shape index (κ3) is 1.93. The molecule has 1 rings (SSSR count). The van der Waals surface area contributed by atoms with E-state index < -0.39 is 22.9 Å². The molecular formula is C11H15NO4. The largest absolute Gasteiger partial charge is 0.480 e. The number of nitrogens with zero attached hydrogens (tertiary/aromatic N) is 1. The summed E-state index contributed by atoms with van der Waals surface area (Å²) >= 11 is 0. The predicted octanol–water partition coefficient (Wildman–Crippen LogP) is 0.721. The maximum atomic E-state index is 11.4. The zero-order valence-electron chi connectivity index (χ0n) is 9.36. The van der Waals surface area contributed by atoms with Gasteiger partial charge in [-0.15, -0.1) is 0 Å². The van der Waals surface area contributed by atoms with Crippen molar-refractivity contribution in [1.82, 2.24) is 0 Å². The summed E-state index contributed by atoms with van der Waals surface area (Å²) in [5, 5.41) is 28.0. The number of Topliss-reactive ketones (excluding diaryl/α,β-unsaturated/α-hetero) is 1. The van der Waals surface area contributed by atoms with Gasteiger partial charge in [-0.05, 0) is 33.1 Å². The number of aliphatic carboxylic acids is 1. The maximum absolute atomic E-state index is 11.4. The minimum absolute atomic E-state index is 0.0790. The lowest BCUT2D eigenvalue weighted by molar-refractivity contribution is -0.155. The van der Waals surface area contributed by atoms with Crippen LogP contribution in [0.15, 0.2) is 0 Å². The van der Waals surface area contributed by atoms with Crippen LogP contribution in [0.1, 0.15) is 33.1 Å². The van der Waals surface area contributed by atoms with Crippen LogP contribution in [-0.2, 0) is 9.59 Å². The van der Waals surface area contributed by atoms with Gasteiger partial charge in [-0.3, -0.25) is 9.59 Å². The van der Waals surface area contributed by atoms with Crippen LogP contribution in [-0.4, -0.2) is 27.6 Å². The number of hydrogen-bond acceptors (Lipinski definition) is 4. The van der Waals surface area contributed by atoms with Crippen LogP contribution in [0.25, 0.3) is 0 Å². The first-order chi connectivity index (χ1) is 7.25. The van der Waals surface area contributed by atoms with Crippen LogP contribution >= 0.6 is 0 Å². The molecule has 1 saturated carbocycles. The van der Waals surface area contributed by atoms with Crippen LogP contribution in [0.4, 0.5) is 0 Å². The van der Waals surface area contributed by atoms with Crippen molar-refractivity contribution in [1.29, 1.82) is 5.26 Å². The Morgan fingerprint density at radius 3 is 2.38 bits per heavy atom. The second-order valence-electron chi connectivity index (χ2n) is 4.72. The summed E-state index contributed by atoms with van der Waals surface area (Å²) < 4.78 is 0. The molecule has 88 valence electrons. The molecule has 1 aliphatic carbocycles. The summed E-state index contributed by atoms with van der Waals surface area (Å²) in [4.78, 5) is 22.4. The molecule has 1 aliphatic rings. The standard InChI is InChI=1S/C11H15NO4/c1-7(13)8-5-11(6-12,9(14)15)4-3-10(8,2)16/h8,16H,3-5H2,1-2H3,(H,14,15)/t8-,10-,11?/m0/s1. The van der Waals surface area contributed by atoms with Gasteiger partial charge >= 0.3 is 5.97 Å². The number of carboxylic acid groups (broad SMARTS) is 1. The van der Waals surface area contributed by atoms with Gasteiger partial charge in [-0.1, -0.05) is 0 Å². The highest BCUT2D eigenvalue weighted by Gasteiger charge is 2.52. The van der Waals surface area contributed by atoms with E-state index >= 15 is 0 Å². The molecule has 0 spiro atoms. The third-order valence-corrected chi connectivity index (χ3v) is 3.48. The Morgan fingerprint density at radius 1 is 1.44 bits per heavy atom. The summed E-state index contributed by atoms with van der Waals surface area (Å²) in [5.41, 5.74) is -2.74. The van der Waals surface area contributed by atoms with Gasteiger partial charge in [0.15, 0.2) is 5.41 Å². The average Bonchev–Trinajstić information content (AvgIpc) is 2.17. The Bertz CT molecular complexity index is 369. The van der Waals surface area contributed by atoms with E-state index in [1.165, 1.54) is 13.8 Å². The quantitative estimate of drug-likeness (QED) is 0.721. The van der Waals surface area contributed by atoms with Crippen LogP contribution < -0.4 is 0 Å². The van der Waals surface area contributed by atoms with E-state index in [0.717, 1.165) is 0 Å². The van der Waals surface area contributed by atoms with Gasteiger partial charge in [-0.2, -0.15) is 5.26 Å². The number of rotatable bonds is 2. The first kappa shape index (κ1) is 12.7. The molecule has 16 heavy (non-hydrogen) atoms. The second kappa shape index (κ2) is 3.87. The van der Waals surface area contributed by atoms with Crippen molar-refractivity contribution in [3.63, 3.8) is 0 Å². The van der Waals surface area contributed by atoms with Gasteiger partial charge in [0, 0.05) is 5.92 Å². The van der Waals surface area contributed by atoms with Crippen molar-refractivity contribution < 1.29 is 19.8 Å². The number of carbonyl (C=O) groups is 2. The van der Waals surface area contributed by atoms with Crippen molar-refractivity contribution in [3.05, 3.63) is 0 Å². The van der Waals surface area contributed by atoms with E-state index in [1.807, 2.05) is 0 Å². The van der Waals surface area contributed by atoms with Crippen LogP contribution in [0, 0.1) is 22.7 Å². The van der Waals surface area contributed by atoms with E-state index in [1.54, 1.807) is 6.07 Å². The number of aliphatic hydroxyl groups is 1. The Labute approximate surface area is 93.7 Å². The average molecular weight is 225 g/mol. The van der Waals surface area contributed by atoms with E-state index in [4.69, 9.17) is 10.4 Å². The number of nitriles is 1. The van der Waals surface area contributed by atoms with E-state index in [-0.39, 0.29) is 25.0 Å². The number of carbonyl (C=O) groups excluding carboxylic acids is 1. The first-order valence-corrected chi connectivity index (χ1v) is 5.13. The molecule has 0 saturated heterocycles. The van der Waals surface area contributed by atoms with E-state index in [9.17, 15) is 14.7 Å². The summed E-state index contributed by atoms with van der Waals surface area (Å²) in [6.07, 6.45) is 0.119. The molecule has 1 fully saturated rings. The lowest BCUT2D eigenvalue weighted by Gasteiger charge is -2.41. The van der Waals surface area contributed by atoms with Crippen molar-refractivity contribution >= 4 is 11.8 Å². The zero-order chi connectivity index (χ0) is 12.6. The number of carboxylic acids is 1. The summed E-state index contributed by atoms with van der Waals surface area (Å²) in [6.45, 7) is 2.83. The molecular weight excluding hydrogens is 210 g/mol. The van der Waals surface area contributed by atoms with E-state index in [2.05, 4.69) is 0 Å². The van der Waals surface area contributed by atoms with Gasteiger partial charge in [0.05, 0.1) is 11.7 Å². The van der Waals surface area contributed by atoms with Gasteiger partial charge in [0.2, 0.25) is 0 Å². The van der Waals surface area contributed by atoms with Crippen molar-refractivity contribution in [2.75, 3.05) is 0 Å². The molecule has 0 bridgehead atoms. The van der Waals surface area contributed by atoms with Gasteiger partial charge in [-0.25, -0.2) is 0 Å². The minimum atomic E-state index is -1.53. The summed E-state index contributed by atoms with van der Waals surface area (Å²) in [6, 6.07) is 1.78. The van der Waals surface area contributed by atoms with Crippen molar-refractivity contribution in [3.8, 4) is 6.07 Å². The summed E-state index contributed by atoms with van der Waals surface area (Å²) in [5.74, 6) is -2.26. The molecule has 1 unspecified atom stereocenters. The Balaban J connectivity index is 3.06. The minimum Gasteiger partial charge on any atom is -0.480 e. The fourth-order valence-electron chi connectivity index (χ4n) is 2.24. The molecule has 0 aromatic rings. The molecule has 5 nitrogen and oxygen atoms in total. The Morgan fingerprint density at radius 2 is 2.00 bits per heavy atom. The number of ketones is 1. The topological polar surface area (TPSA) is 98.4 Å². The molecule has 2 N–H and O–H groups in total. The van der Waals surface area contributed by atoms with Gasteiger partial charge in [0.25, 0.3) is 0 Å². The predicted molar refractivity (Wildman–Crippen MR) is 54.3 cm³/mol. The number of hydrogen-bond donors (Lipinski definition) is 2. The monoisotopic (exact) mass is 225 g/mol. The fraction of sp³-hybridized carbons (Fsp3) is 0.727. The first-order valence-electron chi connectivity index (χ1n) is 5.13. The third-order valence-electron chi connectivity index (χ3n) is 3.48. The van der Waals surface area contributed by atoms with Crippen LogP contribution in [0.2, 0.25) is 0 Å². The highest BCUT2D eigenvalue weighted by molar-refractivity contribution is 5.83. The molecule has 0 aromatic carbocycles. The Kier molecular flexibility index (Phi) is 3.06. The molecule has 0 amide bonds. The smallest absolute Gasteiger partial charge is 0.324 e.